The van der Waals surface area contributed by atoms with Gasteiger partial charge < -0.3 is 14.9 Å². The van der Waals surface area contributed by atoms with Crippen molar-refractivity contribution in [3.8, 4) is 11.5 Å². The van der Waals surface area contributed by atoms with Gasteiger partial charge in [0.25, 0.3) is 0 Å². The second kappa shape index (κ2) is 8.03. The average molecular weight is 370 g/mol. The van der Waals surface area contributed by atoms with Gasteiger partial charge in [0.2, 0.25) is 0 Å². The smallest absolute Gasteiger partial charge is 0.193 e. The lowest BCUT2D eigenvalue weighted by atomic mass is 9.91. The number of ketones is 2. The van der Waals surface area contributed by atoms with Crippen LogP contribution in [0.25, 0.3) is 0 Å². The van der Waals surface area contributed by atoms with Gasteiger partial charge >= 0.3 is 0 Å². The Morgan fingerprint density at radius 1 is 0.889 bits per heavy atom. The lowest BCUT2D eigenvalue weighted by Gasteiger charge is -2.21. The van der Waals surface area contributed by atoms with E-state index in [0.29, 0.717) is 23.5 Å². The molecule has 144 valence electrons. The van der Waals surface area contributed by atoms with Crippen LogP contribution >= 0.6 is 0 Å². The maximum absolute atomic E-state index is 12.0. The third-order valence-corrected chi connectivity index (χ3v) is 4.30. The highest BCUT2D eigenvalue weighted by Crippen LogP contribution is 2.24. The highest BCUT2D eigenvalue weighted by atomic mass is 16.5. The van der Waals surface area contributed by atoms with Crippen LogP contribution in [0.15, 0.2) is 48.5 Å². The Bertz CT molecular complexity index is 796. The standard InChI is InChI=1S/C22H26O5/c1-5-19(23)22(4,26)14-15-6-10-17(11-7-15)27-18-12-8-16(9-13-18)20(24)21(2,3)25/h6-13,25-26H,5,14H2,1-4H3. The number of benzene rings is 2. The van der Waals surface area contributed by atoms with Gasteiger partial charge in [0.1, 0.15) is 22.7 Å². The van der Waals surface area contributed by atoms with Crippen LogP contribution in [-0.4, -0.2) is 33.0 Å². The monoisotopic (exact) mass is 370 g/mol. The van der Waals surface area contributed by atoms with E-state index in [1.165, 1.54) is 20.8 Å². The van der Waals surface area contributed by atoms with E-state index in [1.807, 2.05) is 0 Å². The minimum absolute atomic E-state index is 0.191. The van der Waals surface area contributed by atoms with Crippen molar-refractivity contribution < 1.29 is 24.5 Å². The summed E-state index contributed by atoms with van der Waals surface area (Å²) >= 11 is 0. The summed E-state index contributed by atoms with van der Waals surface area (Å²) in [6.45, 7) is 6.16. The van der Waals surface area contributed by atoms with Crippen molar-refractivity contribution in [2.45, 2.75) is 51.7 Å². The molecule has 0 heterocycles. The summed E-state index contributed by atoms with van der Waals surface area (Å²) in [5.74, 6) is 0.612. The maximum Gasteiger partial charge on any atom is 0.193 e. The quantitative estimate of drug-likeness (QED) is 0.692. The molecule has 0 saturated carbocycles. The van der Waals surface area contributed by atoms with Gasteiger partial charge in [-0.2, -0.15) is 0 Å². The molecule has 0 aliphatic heterocycles. The molecule has 1 atom stereocenters. The number of hydrogen-bond donors (Lipinski definition) is 2. The molecule has 27 heavy (non-hydrogen) atoms. The van der Waals surface area contributed by atoms with Crippen molar-refractivity contribution in [3.63, 3.8) is 0 Å². The molecule has 5 heteroatoms. The summed E-state index contributed by atoms with van der Waals surface area (Å²) in [6.07, 6.45) is 0.536. The molecule has 0 aliphatic carbocycles. The van der Waals surface area contributed by atoms with E-state index in [2.05, 4.69) is 0 Å². The number of carbonyl (C=O) groups is 2. The number of ether oxygens (including phenoxy) is 1. The molecule has 0 saturated heterocycles. The summed E-state index contributed by atoms with van der Waals surface area (Å²) in [5, 5.41) is 20.0. The summed E-state index contributed by atoms with van der Waals surface area (Å²) < 4.78 is 5.75. The molecular weight excluding hydrogens is 344 g/mol. The van der Waals surface area contributed by atoms with Gasteiger partial charge in [0.15, 0.2) is 11.6 Å². The number of carbonyl (C=O) groups excluding carboxylic acids is 2. The van der Waals surface area contributed by atoms with E-state index in [4.69, 9.17) is 4.74 Å². The third-order valence-electron chi connectivity index (χ3n) is 4.30. The van der Waals surface area contributed by atoms with Crippen molar-refractivity contribution in [2.24, 2.45) is 0 Å². The second-order valence-corrected chi connectivity index (χ2v) is 7.39. The maximum atomic E-state index is 12.0. The Balaban J connectivity index is 2.04. The van der Waals surface area contributed by atoms with Crippen LogP contribution in [0.1, 0.15) is 50.0 Å². The zero-order valence-corrected chi connectivity index (χ0v) is 16.2. The minimum Gasteiger partial charge on any atom is -0.457 e. The van der Waals surface area contributed by atoms with Crippen LogP contribution in [-0.2, 0) is 11.2 Å². The minimum atomic E-state index is -1.42. The molecule has 2 rings (SSSR count). The van der Waals surface area contributed by atoms with Gasteiger partial charge in [-0.3, -0.25) is 9.59 Å². The number of hydrogen-bond acceptors (Lipinski definition) is 5. The van der Waals surface area contributed by atoms with Crippen LogP contribution in [0.2, 0.25) is 0 Å². The van der Waals surface area contributed by atoms with Crippen molar-refractivity contribution in [1.82, 2.24) is 0 Å². The van der Waals surface area contributed by atoms with Crippen LogP contribution in [0.5, 0.6) is 11.5 Å². The van der Waals surface area contributed by atoms with E-state index in [9.17, 15) is 19.8 Å². The predicted octanol–water partition coefficient (Wildman–Crippen LogP) is 3.71. The largest absolute Gasteiger partial charge is 0.457 e. The van der Waals surface area contributed by atoms with Gasteiger partial charge in [0, 0.05) is 18.4 Å². The van der Waals surface area contributed by atoms with Crippen LogP contribution < -0.4 is 4.74 Å². The van der Waals surface area contributed by atoms with Crippen LogP contribution in [0, 0.1) is 0 Å². The van der Waals surface area contributed by atoms with E-state index >= 15 is 0 Å². The van der Waals surface area contributed by atoms with Gasteiger partial charge in [-0.05, 0) is 62.7 Å². The first kappa shape index (κ1) is 20.8. The number of rotatable bonds is 8. The molecule has 2 N–H and O–H groups in total. The molecule has 0 spiro atoms. The Labute approximate surface area is 159 Å². The molecule has 2 aromatic rings. The zero-order chi connectivity index (χ0) is 20.2. The Morgan fingerprint density at radius 2 is 1.37 bits per heavy atom. The third kappa shape index (κ3) is 5.49. The summed E-state index contributed by atoms with van der Waals surface area (Å²) in [5.41, 5.74) is -1.55. The number of Topliss-reactive ketones (excluding diaryl/α,β-unsaturated/α-hetero) is 2. The zero-order valence-electron chi connectivity index (χ0n) is 16.2. The summed E-state index contributed by atoms with van der Waals surface area (Å²) in [6, 6.07) is 13.7. The topological polar surface area (TPSA) is 83.8 Å². The fourth-order valence-corrected chi connectivity index (χ4v) is 2.72. The molecule has 5 nitrogen and oxygen atoms in total. The first-order chi connectivity index (χ1) is 12.5. The van der Waals surface area contributed by atoms with E-state index < -0.39 is 11.2 Å². The molecule has 1 unspecified atom stereocenters. The SMILES string of the molecule is CCC(=O)C(C)(O)Cc1ccc(Oc2ccc(C(=O)C(C)(C)O)cc2)cc1. The molecule has 0 amide bonds. The summed E-state index contributed by atoms with van der Waals surface area (Å²) in [4.78, 5) is 23.8. The van der Waals surface area contributed by atoms with E-state index in [-0.39, 0.29) is 18.0 Å². The van der Waals surface area contributed by atoms with Crippen LogP contribution in [0.4, 0.5) is 0 Å². The highest BCUT2D eigenvalue weighted by Gasteiger charge is 2.28. The first-order valence-corrected chi connectivity index (χ1v) is 8.92. The van der Waals surface area contributed by atoms with Gasteiger partial charge in [-0.1, -0.05) is 19.1 Å². The fourth-order valence-electron chi connectivity index (χ4n) is 2.72. The first-order valence-electron chi connectivity index (χ1n) is 8.92. The van der Waals surface area contributed by atoms with Crippen molar-refractivity contribution in [2.75, 3.05) is 0 Å². The lowest BCUT2D eigenvalue weighted by molar-refractivity contribution is -0.135. The lowest BCUT2D eigenvalue weighted by Crippen LogP contribution is -2.36. The van der Waals surface area contributed by atoms with Gasteiger partial charge in [-0.15, -0.1) is 0 Å². The fraction of sp³-hybridized carbons (Fsp3) is 0.364. The average Bonchev–Trinajstić information content (AvgIpc) is 2.61. The highest BCUT2D eigenvalue weighted by molar-refractivity contribution is 6.01. The molecular formula is C22H26O5. The Morgan fingerprint density at radius 3 is 1.81 bits per heavy atom. The summed E-state index contributed by atoms with van der Waals surface area (Å²) in [7, 11) is 0. The Kier molecular flexibility index (Phi) is 6.19. The van der Waals surface area contributed by atoms with Crippen molar-refractivity contribution in [3.05, 3.63) is 59.7 Å². The van der Waals surface area contributed by atoms with Crippen LogP contribution in [0.3, 0.4) is 0 Å². The Hall–Kier alpha value is -2.50. The van der Waals surface area contributed by atoms with Crippen molar-refractivity contribution in [1.29, 1.82) is 0 Å². The van der Waals surface area contributed by atoms with Gasteiger partial charge in [-0.25, -0.2) is 0 Å². The molecule has 0 radical (unpaired) electrons. The normalized spacial score (nSPS) is 13.7. The second-order valence-electron chi connectivity index (χ2n) is 7.39. The van der Waals surface area contributed by atoms with E-state index in [0.717, 1.165) is 5.56 Å². The molecule has 0 fully saturated rings. The molecule has 0 aromatic heterocycles. The van der Waals surface area contributed by atoms with Crippen molar-refractivity contribution >= 4 is 11.6 Å². The predicted molar refractivity (Wildman–Crippen MR) is 103 cm³/mol. The van der Waals surface area contributed by atoms with Gasteiger partial charge in [0.05, 0.1) is 0 Å². The van der Waals surface area contributed by atoms with E-state index in [1.54, 1.807) is 55.5 Å². The molecule has 0 bridgehead atoms. The molecule has 2 aromatic carbocycles. The molecule has 0 aliphatic rings. The number of aliphatic hydroxyl groups is 2.